The predicted molar refractivity (Wildman–Crippen MR) is 88.7 cm³/mol. The van der Waals surface area contributed by atoms with Crippen LogP contribution in [-0.4, -0.2) is 42.6 Å². The molecule has 3 N–H and O–H groups in total. The summed E-state index contributed by atoms with van der Waals surface area (Å²) in [6.07, 6.45) is 0.412. The maximum atomic E-state index is 12.1. The fourth-order valence-electron chi connectivity index (χ4n) is 2.09. The van der Waals surface area contributed by atoms with Crippen LogP contribution in [0.25, 0.3) is 0 Å². The number of carbonyl (C=O) groups excluding carboxylic acids is 2. The van der Waals surface area contributed by atoms with Crippen molar-refractivity contribution in [2.24, 2.45) is 5.92 Å². The SMILES string of the molecule is CNC(=O)COc1cccc(CC(=O)NC(CC(C)C)C(=O)O)c1. The second-order valence-corrected chi connectivity index (χ2v) is 5.87. The highest BCUT2D eigenvalue weighted by molar-refractivity contribution is 5.84. The van der Waals surface area contributed by atoms with E-state index in [4.69, 9.17) is 9.84 Å². The minimum Gasteiger partial charge on any atom is -0.484 e. The standard InChI is InChI=1S/C17H24N2O5/c1-11(2)7-14(17(22)23)19-15(20)9-12-5-4-6-13(8-12)24-10-16(21)18-3/h4-6,8,11,14H,7,9-10H2,1-3H3,(H,18,21)(H,19,20)(H,22,23). The van der Waals surface area contributed by atoms with Crippen LogP contribution in [0.3, 0.4) is 0 Å². The van der Waals surface area contributed by atoms with Crippen molar-refractivity contribution >= 4 is 17.8 Å². The molecule has 0 radical (unpaired) electrons. The monoisotopic (exact) mass is 336 g/mol. The number of carboxylic acids is 1. The molecule has 24 heavy (non-hydrogen) atoms. The van der Waals surface area contributed by atoms with E-state index in [1.807, 2.05) is 13.8 Å². The highest BCUT2D eigenvalue weighted by atomic mass is 16.5. The molecule has 1 atom stereocenters. The van der Waals surface area contributed by atoms with Gasteiger partial charge in [0, 0.05) is 7.05 Å². The fourth-order valence-corrected chi connectivity index (χ4v) is 2.09. The molecule has 0 spiro atoms. The lowest BCUT2D eigenvalue weighted by atomic mass is 10.0. The number of likely N-dealkylation sites (N-methyl/N-ethyl adjacent to an activating group) is 1. The molecule has 7 heteroatoms. The van der Waals surface area contributed by atoms with Crippen LogP contribution in [0.5, 0.6) is 5.75 Å². The normalized spacial score (nSPS) is 11.7. The summed E-state index contributed by atoms with van der Waals surface area (Å²) in [5, 5.41) is 14.1. The lowest BCUT2D eigenvalue weighted by Crippen LogP contribution is -2.42. The topological polar surface area (TPSA) is 105 Å². The van der Waals surface area contributed by atoms with Crippen molar-refractivity contribution in [1.82, 2.24) is 10.6 Å². The van der Waals surface area contributed by atoms with E-state index in [2.05, 4.69) is 10.6 Å². The Bertz CT molecular complexity index is 586. The van der Waals surface area contributed by atoms with Crippen LogP contribution >= 0.6 is 0 Å². The van der Waals surface area contributed by atoms with Crippen LogP contribution in [0.15, 0.2) is 24.3 Å². The van der Waals surface area contributed by atoms with Crippen molar-refractivity contribution in [3.63, 3.8) is 0 Å². The number of carboxylic acid groups (broad SMARTS) is 1. The number of aliphatic carboxylic acids is 1. The molecular formula is C17H24N2O5. The van der Waals surface area contributed by atoms with E-state index in [1.165, 1.54) is 7.05 Å². The van der Waals surface area contributed by atoms with Crippen molar-refractivity contribution in [2.45, 2.75) is 32.7 Å². The number of hydrogen-bond acceptors (Lipinski definition) is 4. The Balaban J connectivity index is 2.63. The molecule has 0 aliphatic rings. The third-order valence-electron chi connectivity index (χ3n) is 3.25. The average Bonchev–Trinajstić information content (AvgIpc) is 2.51. The molecule has 1 unspecified atom stereocenters. The Morgan fingerprint density at radius 3 is 2.50 bits per heavy atom. The van der Waals surface area contributed by atoms with Gasteiger partial charge in [0.2, 0.25) is 5.91 Å². The van der Waals surface area contributed by atoms with Crippen molar-refractivity contribution in [2.75, 3.05) is 13.7 Å². The summed E-state index contributed by atoms with van der Waals surface area (Å²) in [5.41, 5.74) is 0.676. The van der Waals surface area contributed by atoms with Gasteiger partial charge in [-0.1, -0.05) is 26.0 Å². The molecule has 0 bridgehead atoms. The van der Waals surface area contributed by atoms with E-state index >= 15 is 0 Å². The van der Waals surface area contributed by atoms with Gasteiger partial charge >= 0.3 is 5.97 Å². The molecule has 0 saturated carbocycles. The summed E-state index contributed by atoms with van der Waals surface area (Å²) in [5.74, 6) is -1.03. The number of carbonyl (C=O) groups is 3. The van der Waals surface area contributed by atoms with E-state index in [9.17, 15) is 14.4 Å². The number of rotatable bonds is 9. The maximum absolute atomic E-state index is 12.1. The molecular weight excluding hydrogens is 312 g/mol. The molecule has 1 rings (SSSR count). The third kappa shape index (κ3) is 7.13. The van der Waals surface area contributed by atoms with Crippen LogP contribution in [0.2, 0.25) is 0 Å². The van der Waals surface area contributed by atoms with E-state index in [0.717, 1.165) is 0 Å². The smallest absolute Gasteiger partial charge is 0.326 e. The Morgan fingerprint density at radius 1 is 1.21 bits per heavy atom. The van der Waals surface area contributed by atoms with Crippen LogP contribution < -0.4 is 15.4 Å². The number of amides is 2. The molecule has 0 heterocycles. The van der Waals surface area contributed by atoms with E-state index in [-0.39, 0.29) is 30.8 Å². The molecule has 0 aromatic heterocycles. The Morgan fingerprint density at radius 2 is 1.92 bits per heavy atom. The lowest BCUT2D eigenvalue weighted by Gasteiger charge is -2.16. The fraction of sp³-hybridized carbons (Fsp3) is 0.471. The molecule has 0 saturated heterocycles. The number of ether oxygens (including phenoxy) is 1. The summed E-state index contributed by atoms with van der Waals surface area (Å²) >= 11 is 0. The summed E-state index contributed by atoms with van der Waals surface area (Å²) < 4.78 is 5.31. The van der Waals surface area contributed by atoms with Gasteiger partial charge in [0.1, 0.15) is 11.8 Å². The first-order valence-electron chi connectivity index (χ1n) is 7.76. The highest BCUT2D eigenvalue weighted by Crippen LogP contribution is 2.14. The lowest BCUT2D eigenvalue weighted by molar-refractivity contribution is -0.142. The van der Waals surface area contributed by atoms with Crippen molar-refractivity contribution in [1.29, 1.82) is 0 Å². The number of benzene rings is 1. The summed E-state index contributed by atoms with van der Waals surface area (Å²) in [6, 6.07) is 5.89. The van der Waals surface area contributed by atoms with Gasteiger partial charge in [-0.3, -0.25) is 9.59 Å². The van der Waals surface area contributed by atoms with Crippen LogP contribution in [0, 0.1) is 5.92 Å². The zero-order chi connectivity index (χ0) is 18.1. The molecule has 0 fully saturated rings. The maximum Gasteiger partial charge on any atom is 0.326 e. The second kappa shape index (κ2) is 9.54. The van der Waals surface area contributed by atoms with Gasteiger partial charge in [-0.2, -0.15) is 0 Å². The minimum atomic E-state index is -1.04. The molecule has 7 nitrogen and oxygen atoms in total. The van der Waals surface area contributed by atoms with Crippen LogP contribution in [-0.2, 0) is 20.8 Å². The van der Waals surface area contributed by atoms with Gasteiger partial charge in [0.15, 0.2) is 6.61 Å². The average molecular weight is 336 g/mol. The van der Waals surface area contributed by atoms with Crippen molar-refractivity contribution < 1.29 is 24.2 Å². The third-order valence-corrected chi connectivity index (χ3v) is 3.25. The molecule has 0 aliphatic heterocycles. The number of hydrogen-bond donors (Lipinski definition) is 3. The minimum absolute atomic E-state index is 0.0407. The molecule has 1 aromatic carbocycles. The molecule has 0 aliphatic carbocycles. The van der Waals surface area contributed by atoms with E-state index in [0.29, 0.717) is 17.7 Å². The predicted octanol–water partition coefficient (Wildman–Crippen LogP) is 0.969. The summed E-state index contributed by atoms with van der Waals surface area (Å²) in [6.45, 7) is 3.69. The Kier molecular flexibility index (Phi) is 7.74. The van der Waals surface area contributed by atoms with Crippen LogP contribution in [0.1, 0.15) is 25.8 Å². The molecule has 1 aromatic rings. The first-order valence-corrected chi connectivity index (χ1v) is 7.76. The first-order chi connectivity index (χ1) is 11.3. The van der Waals surface area contributed by atoms with Gasteiger partial charge in [-0.15, -0.1) is 0 Å². The summed E-state index contributed by atoms with van der Waals surface area (Å²) in [7, 11) is 1.52. The van der Waals surface area contributed by atoms with E-state index in [1.54, 1.807) is 24.3 Å². The van der Waals surface area contributed by atoms with Gasteiger partial charge in [0.05, 0.1) is 6.42 Å². The van der Waals surface area contributed by atoms with Crippen LogP contribution in [0.4, 0.5) is 0 Å². The van der Waals surface area contributed by atoms with Gasteiger partial charge < -0.3 is 20.5 Å². The van der Waals surface area contributed by atoms with Gasteiger partial charge in [-0.25, -0.2) is 4.79 Å². The van der Waals surface area contributed by atoms with Crippen molar-refractivity contribution in [3.05, 3.63) is 29.8 Å². The molecule has 132 valence electrons. The highest BCUT2D eigenvalue weighted by Gasteiger charge is 2.21. The Hall–Kier alpha value is -2.57. The van der Waals surface area contributed by atoms with Crippen molar-refractivity contribution in [3.8, 4) is 5.75 Å². The zero-order valence-electron chi connectivity index (χ0n) is 14.2. The van der Waals surface area contributed by atoms with E-state index < -0.39 is 12.0 Å². The van der Waals surface area contributed by atoms with Gasteiger partial charge in [0.25, 0.3) is 5.91 Å². The molecule has 2 amide bonds. The second-order valence-electron chi connectivity index (χ2n) is 5.87. The summed E-state index contributed by atoms with van der Waals surface area (Å²) in [4.78, 5) is 34.4. The number of nitrogens with one attached hydrogen (secondary N) is 2. The quantitative estimate of drug-likeness (QED) is 0.623. The first kappa shape index (κ1) is 19.5. The zero-order valence-corrected chi connectivity index (χ0v) is 14.2. The van der Waals surface area contributed by atoms with Gasteiger partial charge in [-0.05, 0) is 30.0 Å². The Labute approximate surface area is 141 Å². The largest absolute Gasteiger partial charge is 0.484 e.